The number of hydrogen-bond donors (Lipinski definition) is 2. The van der Waals surface area contributed by atoms with Gasteiger partial charge in [0, 0.05) is 79.2 Å². The van der Waals surface area contributed by atoms with Gasteiger partial charge in [0.05, 0.1) is 60.0 Å². The number of urea groups is 1. The fraction of sp³-hybridized carbons (Fsp3) is 0.582. The van der Waals surface area contributed by atoms with Crippen LogP contribution in [-0.4, -0.2) is 166 Å². The van der Waals surface area contributed by atoms with Crippen LogP contribution in [0.25, 0.3) is 33.4 Å². The Morgan fingerprint density at radius 1 is 1.08 bits per heavy atom. The van der Waals surface area contributed by atoms with Crippen LogP contribution in [0.5, 0.6) is 0 Å². The smallest absolute Gasteiger partial charge is 0.324 e. The van der Waals surface area contributed by atoms with Gasteiger partial charge in [-0.15, -0.1) is 11.3 Å². The van der Waals surface area contributed by atoms with Crippen LogP contribution in [0.3, 0.4) is 0 Å². The largest absolute Gasteiger partial charge is 0.464 e. The SMILES string of the molecule is CCn1c(-c2cccnc2[C@H](C)OC)c2c3cc(ccc31)-c1csc(n1)C[C@H](NC(=O)[C@H](C(C)C)N(C)C(=O)N1CCCOC13CN(C(=O)C#CC(C)(C)N(C)C)C3)C(=O)N1CCC[C@H](N1)C(=O)OCC(C)(C)C2. The molecule has 3 saturated heterocycles. The standard InChI is InChI=1S/C55H74N10O8S/c1-13-63-43-20-19-36-27-38(43)39(48(63)37-17-14-23-56-46(37)35(4)71-12)29-53(5,6)33-72-51(69)40-18-15-25-65(59-40)50(68)41(28-44-57-42(36)30-74-44)58-49(67)47(34(2)3)61(11)52(70)64-24-16-26-73-55(64)31-62(32-55)45(66)21-22-54(7,8)60(9)10/h14,17,19-20,23,27,30,34-35,40-41,47,59H,13,15-16,18,24-26,28-29,31-33H2,1-12H3,(H,58,67)/t35-,40-,41-,47-/m0/s1. The molecule has 3 aromatic heterocycles. The van der Waals surface area contributed by atoms with Crippen molar-refractivity contribution in [2.75, 3.05) is 67.6 Å². The molecule has 4 aromatic rings. The van der Waals surface area contributed by atoms with E-state index in [1.165, 1.54) is 21.2 Å². The van der Waals surface area contributed by atoms with Gasteiger partial charge in [-0.25, -0.2) is 15.2 Å². The molecule has 6 bridgehead atoms. The third-order valence-corrected chi connectivity index (χ3v) is 16.0. The van der Waals surface area contributed by atoms with Gasteiger partial charge in [0.25, 0.3) is 11.8 Å². The van der Waals surface area contributed by atoms with Gasteiger partial charge in [0.15, 0.2) is 5.72 Å². The monoisotopic (exact) mass is 1030 g/mol. The molecule has 0 radical (unpaired) electrons. The van der Waals surface area contributed by atoms with Crippen molar-refractivity contribution in [2.24, 2.45) is 11.3 Å². The van der Waals surface area contributed by atoms with Gasteiger partial charge in [0.1, 0.15) is 18.1 Å². The summed E-state index contributed by atoms with van der Waals surface area (Å²) in [5.41, 5.74) is 7.62. The number of hydrogen-bond acceptors (Lipinski definition) is 13. The summed E-state index contributed by atoms with van der Waals surface area (Å²) in [6.45, 7) is 18.0. The summed E-state index contributed by atoms with van der Waals surface area (Å²) in [5.74, 6) is 3.65. The number of carbonyl (C=O) groups is 5. The lowest BCUT2D eigenvalue weighted by atomic mass is 9.84. The van der Waals surface area contributed by atoms with E-state index in [9.17, 15) is 24.0 Å². The zero-order chi connectivity index (χ0) is 53.4. The summed E-state index contributed by atoms with van der Waals surface area (Å²) in [6.07, 6.45) is 3.69. The van der Waals surface area contributed by atoms with Crippen molar-refractivity contribution in [2.45, 2.75) is 130 Å². The summed E-state index contributed by atoms with van der Waals surface area (Å²) in [6, 6.07) is 7.03. The molecule has 7 heterocycles. The second-order valence-electron chi connectivity index (χ2n) is 22.0. The average Bonchev–Trinajstić information content (AvgIpc) is 3.96. The topological polar surface area (TPSA) is 184 Å². The van der Waals surface area contributed by atoms with E-state index in [4.69, 9.17) is 24.2 Å². The number of thiazole rings is 1. The van der Waals surface area contributed by atoms with Crippen LogP contribution in [0.1, 0.15) is 97.0 Å². The lowest BCUT2D eigenvalue weighted by Crippen LogP contribution is -2.76. The van der Waals surface area contributed by atoms with E-state index in [0.29, 0.717) is 56.9 Å². The number of rotatable bonds is 9. The molecule has 1 spiro atoms. The highest BCUT2D eigenvalue weighted by Gasteiger charge is 2.55. The first kappa shape index (κ1) is 54.4. The summed E-state index contributed by atoms with van der Waals surface area (Å²) < 4.78 is 20.5. The molecule has 398 valence electrons. The fourth-order valence-electron chi connectivity index (χ4n) is 10.4. The van der Waals surface area contributed by atoms with E-state index in [-0.39, 0.29) is 44.0 Å². The van der Waals surface area contributed by atoms with Crippen LogP contribution >= 0.6 is 11.3 Å². The first-order valence-corrected chi connectivity index (χ1v) is 26.8. The number of nitrogens with zero attached hydrogens (tertiary/aromatic N) is 8. The number of likely N-dealkylation sites (N-methyl/N-ethyl adjacent to an activating group) is 1. The van der Waals surface area contributed by atoms with Crippen molar-refractivity contribution in [3.8, 4) is 34.4 Å². The maximum atomic E-state index is 14.8. The molecule has 2 N–H and O–H groups in total. The molecule has 4 aliphatic heterocycles. The quantitative estimate of drug-likeness (QED) is 0.150. The summed E-state index contributed by atoms with van der Waals surface area (Å²) >= 11 is 1.40. The Labute approximate surface area is 439 Å². The average molecular weight is 1040 g/mol. The van der Waals surface area contributed by atoms with Crippen LogP contribution in [0, 0.1) is 23.2 Å². The van der Waals surface area contributed by atoms with Crippen molar-refractivity contribution in [3.63, 3.8) is 0 Å². The van der Waals surface area contributed by atoms with Gasteiger partial charge in [0.2, 0.25) is 5.91 Å². The number of carbonyl (C=O) groups excluding carboxylic acids is 5. The summed E-state index contributed by atoms with van der Waals surface area (Å²) in [7, 11) is 7.07. The molecule has 5 amide bonds. The number of methoxy groups -OCH3 is 1. The number of nitrogens with one attached hydrogen (secondary N) is 2. The van der Waals surface area contributed by atoms with E-state index < -0.39 is 58.6 Å². The number of likely N-dealkylation sites (tertiary alicyclic amines) is 1. The number of benzene rings is 1. The molecule has 18 nitrogen and oxygen atoms in total. The zero-order valence-electron chi connectivity index (χ0n) is 45.2. The third kappa shape index (κ3) is 10.9. The molecule has 0 unspecified atom stereocenters. The molecule has 1 aromatic carbocycles. The van der Waals surface area contributed by atoms with E-state index in [1.54, 1.807) is 30.2 Å². The molecule has 74 heavy (non-hydrogen) atoms. The molecule has 4 atom stereocenters. The van der Waals surface area contributed by atoms with Crippen LogP contribution in [-0.2, 0) is 52.8 Å². The number of hydrazine groups is 1. The van der Waals surface area contributed by atoms with Gasteiger partial charge in [-0.3, -0.25) is 39.0 Å². The third-order valence-electron chi connectivity index (χ3n) is 15.1. The predicted octanol–water partition coefficient (Wildman–Crippen LogP) is 5.88. The zero-order valence-corrected chi connectivity index (χ0v) is 46.0. The highest BCUT2D eigenvalue weighted by molar-refractivity contribution is 7.10. The number of amides is 5. The Morgan fingerprint density at radius 3 is 2.54 bits per heavy atom. The lowest BCUT2D eigenvalue weighted by molar-refractivity contribution is -0.233. The first-order chi connectivity index (χ1) is 35.1. The van der Waals surface area contributed by atoms with Gasteiger partial charge >= 0.3 is 12.0 Å². The molecule has 8 rings (SSSR count). The Balaban J connectivity index is 1.10. The van der Waals surface area contributed by atoms with E-state index >= 15 is 0 Å². The number of aromatic nitrogens is 3. The Hall–Kier alpha value is -5.91. The number of fused-ring (bicyclic) bond motifs is 6. The van der Waals surface area contributed by atoms with Gasteiger partial charge in [-0.05, 0) is 109 Å². The van der Waals surface area contributed by atoms with E-state index in [0.717, 1.165) is 44.7 Å². The minimum atomic E-state index is -1.13. The minimum Gasteiger partial charge on any atom is -0.464 e. The van der Waals surface area contributed by atoms with Gasteiger partial charge in [-0.1, -0.05) is 39.7 Å². The van der Waals surface area contributed by atoms with Gasteiger partial charge in [-0.2, -0.15) is 0 Å². The van der Waals surface area contributed by atoms with Crippen LogP contribution in [0.2, 0.25) is 0 Å². The normalized spacial score (nSPS) is 20.9. The Morgan fingerprint density at radius 2 is 1.84 bits per heavy atom. The molecule has 19 heteroatoms. The molecule has 0 saturated carbocycles. The van der Waals surface area contributed by atoms with Crippen LogP contribution in [0.4, 0.5) is 4.79 Å². The highest BCUT2D eigenvalue weighted by Crippen LogP contribution is 2.42. The second-order valence-corrected chi connectivity index (χ2v) is 23.0. The molecule has 4 aliphatic rings. The van der Waals surface area contributed by atoms with Crippen molar-refractivity contribution < 1.29 is 38.2 Å². The Bertz CT molecular complexity index is 2840. The Kier molecular flexibility index (Phi) is 16.0. The highest BCUT2D eigenvalue weighted by atomic mass is 32.1. The van der Waals surface area contributed by atoms with Gasteiger partial charge < -0.3 is 33.9 Å². The van der Waals surface area contributed by atoms with Crippen molar-refractivity contribution in [3.05, 3.63) is 58.2 Å². The fourth-order valence-corrected chi connectivity index (χ4v) is 11.3. The maximum absolute atomic E-state index is 14.8. The van der Waals surface area contributed by atoms with E-state index in [2.05, 4.69) is 72.2 Å². The first-order valence-electron chi connectivity index (χ1n) is 25.9. The molecule has 3 fully saturated rings. The number of esters is 1. The van der Waals surface area contributed by atoms with Crippen LogP contribution < -0.4 is 10.7 Å². The second kappa shape index (κ2) is 21.7. The minimum absolute atomic E-state index is 0.0477. The predicted molar refractivity (Wildman–Crippen MR) is 283 cm³/mol. The van der Waals surface area contributed by atoms with Crippen molar-refractivity contribution >= 4 is 52.0 Å². The number of pyridine rings is 1. The molecular weight excluding hydrogens is 961 g/mol. The van der Waals surface area contributed by atoms with Crippen molar-refractivity contribution in [1.29, 1.82) is 0 Å². The summed E-state index contributed by atoms with van der Waals surface area (Å²) in [5, 5.41) is 8.10. The number of cyclic esters (lactones) is 1. The molecule has 0 aliphatic carbocycles. The van der Waals surface area contributed by atoms with Crippen molar-refractivity contribution in [1.82, 2.24) is 49.9 Å². The van der Waals surface area contributed by atoms with E-state index in [1.807, 2.05) is 65.1 Å². The van der Waals surface area contributed by atoms with Crippen LogP contribution in [0.15, 0.2) is 41.9 Å². The number of aryl methyl sites for hydroxylation is 1. The number of ether oxygens (including phenoxy) is 3. The maximum Gasteiger partial charge on any atom is 0.324 e. The molecular formula is C55H74N10O8S. The summed E-state index contributed by atoms with van der Waals surface area (Å²) in [4.78, 5) is 87.9. The lowest BCUT2D eigenvalue weighted by Gasteiger charge is -2.57.